The molecular formula is C21H29N5O. The van der Waals surface area contributed by atoms with E-state index in [0.29, 0.717) is 12.1 Å². The normalized spacial score (nSPS) is 24.8. The van der Waals surface area contributed by atoms with E-state index < -0.39 is 0 Å². The average molecular weight is 367 g/mol. The minimum Gasteiger partial charge on any atom is -0.311 e. The maximum Gasteiger partial charge on any atom is 0.267 e. The predicted molar refractivity (Wildman–Crippen MR) is 107 cm³/mol. The predicted octanol–water partition coefficient (Wildman–Crippen LogP) is 2.47. The average Bonchev–Trinajstić information content (AvgIpc) is 2.71. The summed E-state index contributed by atoms with van der Waals surface area (Å²) in [7, 11) is 2.20. The van der Waals surface area contributed by atoms with Crippen LogP contribution in [0.3, 0.4) is 0 Å². The molecule has 1 aliphatic heterocycles. The van der Waals surface area contributed by atoms with Crippen LogP contribution in [0.4, 0.5) is 0 Å². The fourth-order valence-corrected chi connectivity index (χ4v) is 4.35. The molecule has 27 heavy (non-hydrogen) atoms. The smallest absolute Gasteiger partial charge is 0.267 e. The summed E-state index contributed by atoms with van der Waals surface area (Å²) in [6, 6.07) is 8.73. The summed E-state index contributed by atoms with van der Waals surface area (Å²) in [5.41, 5.74) is 1.76. The van der Waals surface area contributed by atoms with Crippen molar-refractivity contribution in [2.75, 3.05) is 20.1 Å². The SMILES string of the molecule is CN1CCC(NC2CCC(n3nc(-c4cccnc4)ccc3=O)CC2)CC1. The highest BCUT2D eigenvalue weighted by Crippen LogP contribution is 2.28. The first kappa shape index (κ1) is 18.3. The van der Waals surface area contributed by atoms with Gasteiger partial charge in [0, 0.05) is 36.1 Å². The van der Waals surface area contributed by atoms with Gasteiger partial charge in [-0.1, -0.05) is 0 Å². The standard InChI is InChI=1S/C21H29N5O/c1-25-13-10-18(11-14-25)23-17-4-6-19(7-5-17)26-21(27)9-8-20(24-26)16-3-2-12-22-15-16/h2-3,8-9,12,15,17-19,23H,4-7,10-11,13-14H2,1H3. The summed E-state index contributed by atoms with van der Waals surface area (Å²) in [6.45, 7) is 2.38. The fraction of sp³-hybridized carbons (Fsp3) is 0.571. The lowest BCUT2D eigenvalue weighted by atomic mass is 9.90. The van der Waals surface area contributed by atoms with E-state index in [2.05, 4.69) is 27.3 Å². The molecule has 0 bridgehead atoms. The van der Waals surface area contributed by atoms with Crippen LogP contribution in [0, 0.1) is 0 Å². The Hall–Kier alpha value is -2.05. The van der Waals surface area contributed by atoms with Crippen LogP contribution in [-0.4, -0.2) is 51.9 Å². The van der Waals surface area contributed by atoms with Gasteiger partial charge in [0.25, 0.3) is 5.56 Å². The van der Waals surface area contributed by atoms with Crippen molar-refractivity contribution in [2.45, 2.75) is 56.7 Å². The number of nitrogens with zero attached hydrogens (tertiary/aromatic N) is 4. The number of pyridine rings is 1. The molecule has 0 radical (unpaired) electrons. The number of hydrogen-bond acceptors (Lipinski definition) is 5. The van der Waals surface area contributed by atoms with Crippen LogP contribution >= 0.6 is 0 Å². The van der Waals surface area contributed by atoms with Crippen molar-refractivity contribution in [3.05, 3.63) is 47.0 Å². The lowest BCUT2D eigenvalue weighted by Gasteiger charge is -2.35. The molecule has 1 N–H and O–H groups in total. The Morgan fingerprint density at radius 3 is 2.44 bits per heavy atom. The van der Waals surface area contributed by atoms with Crippen LogP contribution in [0.1, 0.15) is 44.6 Å². The van der Waals surface area contributed by atoms with E-state index in [-0.39, 0.29) is 11.6 Å². The van der Waals surface area contributed by atoms with Gasteiger partial charge in [0.05, 0.1) is 11.7 Å². The molecule has 2 aromatic heterocycles. The number of nitrogens with one attached hydrogen (secondary N) is 1. The molecule has 2 fully saturated rings. The molecule has 0 amide bonds. The molecule has 1 saturated heterocycles. The maximum absolute atomic E-state index is 12.4. The molecule has 6 heteroatoms. The van der Waals surface area contributed by atoms with Gasteiger partial charge >= 0.3 is 0 Å². The second kappa shape index (κ2) is 8.31. The molecule has 0 aromatic carbocycles. The summed E-state index contributed by atoms with van der Waals surface area (Å²) in [6.07, 6.45) is 10.3. The first-order valence-corrected chi connectivity index (χ1v) is 10.1. The quantitative estimate of drug-likeness (QED) is 0.899. The third-order valence-corrected chi connectivity index (χ3v) is 6.01. The fourth-order valence-electron chi connectivity index (χ4n) is 4.35. The zero-order chi connectivity index (χ0) is 18.6. The van der Waals surface area contributed by atoms with Gasteiger partial charge in [-0.15, -0.1) is 0 Å². The van der Waals surface area contributed by atoms with E-state index in [1.165, 1.54) is 25.9 Å². The molecule has 6 nitrogen and oxygen atoms in total. The molecule has 144 valence electrons. The molecule has 2 aromatic rings. The molecule has 1 aliphatic carbocycles. The molecule has 0 spiro atoms. The Morgan fingerprint density at radius 1 is 1.00 bits per heavy atom. The van der Waals surface area contributed by atoms with Crippen molar-refractivity contribution >= 4 is 0 Å². The summed E-state index contributed by atoms with van der Waals surface area (Å²) >= 11 is 0. The Labute approximate surface area is 160 Å². The molecule has 1 saturated carbocycles. The van der Waals surface area contributed by atoms with Gasteiger partial charge in [0.15, 0.2) is 0 Å². The van der Waals surface area contributed by atoms with Gasteiger partial charge < -0.3 is 10.2 Å². The van der Waals surface area contributed by atoms with Gasteiger partial charge in [0.2, 0.25) is 0 Å². The van der Waals surface area contributed by atoms with Crippen molar-refractivity contribution in [3.63, 3.8) is 0 Å². The first-order valence-electron chi connectivity index (χ1n) is 10.1. The molecule has 0 unspecified atom stereocenters. The second-order valence-corrected chi connectivity index (χ2v) is 7.99. The van der Waals surface area contributed by atoms with Gasteiger partial charge in [0.1, 0.15) is 0 Å². The minimum atomic E-state index is -0.00522. The van der Waals surface area contributed by atoms with Gasteiger partial charge in [-0.05, 0) is 76.9 Å². The van der Waals surface area contributed by atoms with Crippen LogP contribution < -0.4 is 10.9 Å². The molecular weight excluding hydrogens is 338 g/mol. The van der Waals surface area contributed by atoms with E-state index in [1.807, 2.05) is 12.1 Å². The van der Waals surface area contributed by atoms with E-state index in [0.717, 1.165) is 36.9 Å². The third-order valence-electron chi connectivity index (χ3n) is 6.01. The number of rotatable bonds is 4. The highest BCUT2D eigenvalue weighted by molar-refractivity contribution is 5.56. The summed E-state index contributed by atoms with van der Waals surface area (Å²) in [4.78, 5) is 19.0. The lowest BCUT2D eigenvalue weighted by Crippen LogP contribution is -2.46. The molecule has 4 rings (SSSR count). The van der Waals surface area contributed by atoms with Crippen LogP contribution in [0.5, 0.6) is 0 Å². The van der Waals surface area contributed by atoms with E-state index in [4.69, 9.17) is 0 Å². The third kappa shape index (κ3) is 4.45. The van der Waals surface area contributed by atoms with Crippen LogP contribution in [0.2, 0.25) is 0 Å². The van der Waals surface area contributed by atoms with Crippen molar-refractivity contribution in [3.8, 4) is 11.3 Å². The van der Waals surface area contributed by atoms with Crippen molar-refractivity contribution in [1.29, 1.82) is 0 Å². The summed E-state index contributed by atoms with van der Waals surface area (Å²) in [5.74, 6) is 0. The molecule has 3 heterocycles. The number of aromatic nitrogens is 3. The van der Waals surface area contributed by atoms with E-state index >= 15 is 0 Å². The monoisotopic (exact) mass is 367 g/mol. The number of hydrogen-bond donors (Lipinski definition) is 1. The minimum absolute atomic E-state index is 0.00522. The maximum atomic E-state index is 12.4. The second-order valence-electron chi connectivity index (χ2n) is 7.99. The Balaban J connectivity index is 1.39. The first-order chi connectivity index (χ1) is 13.2. The summed E-state index contributed by atoms with van der Waals surface area (Å²) in [5, 5.41) is 8.51. The number of likely N-dealkylation sites (tertiary alicyclic amines) is 1. The van der Waals surface area contributed by atoms with Crippen molar-refractivity contribution in [2.24, 2.45) is 0 Å². The lowest BCUT2D eigenvalue weighted by molar-refractivity contribution is 0.199. The van der Waals surface area contributed by atoms with E-state index in [1.54, 1.807) is 29.2 Å². The van der Waals surface area contributed by atoms with E-state index in [9.17, 15) is 4.79 Å². The highest BCUT2D eigenvalue weighted by Gasteiger charge is 2.26. The van der Waals surface area contributed by atoms with Gasteiger partial charge in [-0.25, -0.2) is 4.68 Å². The molecule has 2 aliphatic rings. The van der Waals surface area contributed by atoms with Crippen LogP contribution in [0.25, 0.3) is 11.3 Å². The summed E-state index contributed by atoms with van der Waals surface area (Å²) < 4.78 is 1.70. The Bertz CT molecular complexity index is 790. The highest BCUT2D eigenvalue weighted by atomic mass is 16.1. The topological polar surface area (TPSA) is 63.1 Å². The van der Waals surface area contributed by atoms with Crippen molar-refractivity contribution < 1.29 is 0 Å². The molecule has 0 atom stereocenters. The zero-order valence-corrected chi connectivity index (χ0v) is 16.1. The zero-order valence-electron chi connectivity index (χ0n) is 16.1. The van der Waals surface area contributed by atoms with Crippen molar-refractivity contribution in [1.82, 2.24) is 25.0 Å². The van der Waals surface area contributed by atoms with Crippen LogP contribution in [0.15, 0.2) is 41.5 Å². The van der Waals surface area contributed by atoms with Crippen LogP contribution in [-0.2, 0) is 0 Å². The number of piperidine rings is 1. The Morgan fingerprint density at radius 2 is 1.74 bits per heavy atom. The van der Waals surface area contributed by atoms with Gasteiger partial charge in [-0.2, -0.15) is 5.10 Å². The van der Waals surface area contributed by atoms with Gasteiger partial charge in [-0.3, -0.25) is 9.78 Å². The largest absolute Gasteiger partial charge is 0.311 e. The Kier molecular flexibility index (Phi) is 5.64.